The van der Waals surface area contributed by atoms with E-state index in [0.717, 1.165) is 55.2 Å². The summed E-state index contributed by atoms with van der Waals surface area (Å²) < 4.78 is 0. The molecule has 0 aliphatic carbocycles. The Bertz CT molecular complexity index is 1110. The van der Waals surface area contributed by atoms with Crippen molar-refractivity contribution in [2.24, 2.45) is 0 Å². The number of carbonyl (C=O) groups is 1. The Hall–Kier alpha value is -3.51. The summed E-state index contributed by atoms with van der Waals surface area (Å²) in [6, 6.07) is 25.8. The Labute approximate surface area is 195 Å². The van der Waals surface area contributed by atoms with Gasteiger partial charge in [-0.25, -0.2) is 0 Å². The first-order valence-corrected chi connectivity index (χ1v) is 11.6. The topological polar surface area (TPSA) is 59.1 Å². The number of amides is 1. The maximum absolute atomic E-state index is 12.9. The fourth-order valence-corrected chi connectivity index (χ4v) is 5.01. The molecule has 2 N–H and O–H groups in total. The lowest BCUT2D eigenvalue weighted by atomic mass is 10.0. The van der Waals surface area contributed by atoms with Crippen LogP contribution in [0.5, 0.6) is 5.75 Å². The molecule has 170 valence electrons. The smallest absolute Gasteiger partial charge is 0.255 e. The molecular weight excluding hydrogens is 412 g/mol. The predicted molar refractivity (Wildman–Crippen MR) is 132 cm³/mol. The molecule has 3 aromatic rings. The largest absolute Gasteiger partial charge is 0.508 e. The van der Waals surface area contributed by atoms with Gasteiger partial charge >= 0.3 is 0 Å². The number of para-hydroxylation sites is 1. The number of phenolic OH excluding ortho intramolecular Hbond substituents is 1. The minimum Gasteiger partial charge on any atom is -0.508 e. The average Bonchev–Trinajstić information content (AvgIpc) is 2.85. The highest BCUT2D eigenvalue weighted by Crippen LogP contribution is 2.35. The molecule has 1 saturated heterocycles. The van der Waals surface area contributed by atoms with Gasteiger partial charge in [0.05, 0.1) is 11.3 Å². The van der Waals surface area contributed by atoms with Crippen molar-refractivity contribution in [3.63, 3.8) is 0 Å². The number of piperazine rings is 1. The van der Waals surface area contributed by atoms with E-state index in [-0.39, 0.29) is 18.1 Å². The summed E-state index contributed by atoms with van der Waals surface area (Å²) in [5.41, 5.74) is 3.87. The Morgan fingerprint density at radius 3 is 2.42 bits per heavy atom. The number of fused-ring (bicyclic) bond motifs is 1. The summed E-state index contributed by atoms with van der Waals surface area (Å²) >= 11 is 0. The molecule has 0 spiro atoms. The van der Waals surface area contributed by atoms with E-state index in [1.165, 1.54) is 0 Å². The molecule has 0 saturated carbocycles. The molecule has 1 amide bonds. The second-order valence-electron chi connectivity index (χ2n) is 8.87. The van der Waals surface area contributed by atoms with Crippen LogP contribution in [0.15, 0.2) is 78.9 Å². The summed E-state index contributed by atoms with van der Waals surface area (Å²) in [4.78, 5) is 20.0. The number of benzene rings is 3. The quantitative estimate of drug-likeness (QED) is 0.629. The summed E-state index contributed by atoms with van der Waals surface area (Å²) in [6.45, 7) is 6.90. The fraction of sp³-hybridized carbons (Fsp3) is 0.296. The number of carbonyl (C=O) groups excluding carboxylic acids is 1. The van der Waals surface area contributed by atoms with E-state index in [0.29, 0.717) is 5.75 Å². The molecule has 5 rings (SSSR count). The maximum Gasteiger partial charge on any atom is 0.255 e. The molecule has 33 heavy (non-hydrogen) atoms. The average molecular weight is 443 g/mol. The molecule has 2 heterocycles. The highest BCUT2D eigenvalue weighted by Gasteiger charge is 2.35. The molecule has 6 nitrogen and oxygen atoms in total. The minimum atomic E-state index is -0.197. The summed E-state index contributed by atoms with van der Waals surface area (Å²) in [5, 5.41) is 13.0. The highest BCUT2D eigenvalue weighted by atomic mass is 16.3. The Balaban J connectivity index is 1.33. The standard InChI is InChI=1S/C27H30N4O2/c1-20(19-29-14-16-30(17-15-29)22-10-7-11-23(32)18-22)31-25-13-6-5-12-24(25)27(33)28-26(31)21-8-3-2-4-9-21/h2-13,18,20,26,32H,14-17,19H2,1H3,(H,28,33). The van der Waals surface area contributed by atoms with Gasteiger partial charge in [0.15, 0.2) is 0 Å². The lowest BCUT2D eigenvalue weighted by molar-refractivity contribution is 0.0922. The minimum absolute atomic E-state index is 0.0253. The van der Waals surface area contributed by atoms with Crippen LogP contribution in [-0.2, 0) is 0 Å². The van der Waals surface area contributed by atoms with Crippen molar-refractivity contribution in [2.45, 2.75) is 19.1 Å². The molecule has 2 aliphatic heterocycles. The Morgan fingerprint density at radius 1 is 0.939 bits per heavy atom. The van der Waals surface area contributed by atoms with Gasteiger partial charge in [0.2, 0.25) is 0 Å². The summed E-state index contributed by atoms with van der Waals surface area (Å²) in [6.07, 6.45) is -0.197. The number of aromatic hydroxyl groups is 1. The van der Waals surface area contributed by atoms with E-state index in [4.69, 9.17) is 0 Å². The second-order valence-corrected chi connectivity index (χ2v) is 8.87. The normalized spacial score (nSPS) is 19.7. The van der Waals surface area contributed by atoms with Crippen molar-refractivity contribution in [1.82, 2.24) is 10.2 Å². The van der Waals surface area contributed by atoms with E-state index in [2.05, 4.69) is 51.2 Å². The summed E-state index contributed by atoms with van der Waals surface area (Å²) in [5.74, 6) is 0.281. The number of nitrogens with zero attached hydrogens (tertiary/aromatic N) is 3. The van der Waals surface area contributed by atoms with Crippen molar-refractivity contribution in [3.05, 3.63) is 90.0 Å². The zero-order valence-electron chi connectivity index (χ0n) is 18.9. The Kier molecular flexibility index (Phi) is 5.92. The first-order valence-electron chi connectivity index (χ1n) is 11.6. The third-order valence-electron chi connectivity index (χ3n) is 6.65. The van der Waals surface area contributed by atoms with Crippen LogP contribution < -0.4 is 15.1 Å². The van der Waals surface area contributed by atoms with Crippen LogP contribution >= 0.6 is 0 Å². The van der Waals surface area contributed by atoms with Gasteiger partial charge < -0.3 is 20.2 Å². The molecular formula is C27H30N4O2. The molecule has 2 aliphatic rings. The number of phenols is 1. The maximum atomic E-state index is 12.9. The highest BCUT2D eigenvalue weighted by molar-refractivity contribution is 6.02. The molecule has 3 aromatic carbocycles. The number of anilines is 2. The van der Waals surface area contributed by atoms with Gasteiger partial charge in [0.1, 0.15) is 11.9 Å². The van der Waals surface area contributed by atoms with Gasteiger partial charge in [0.25, 0.3) is 5.91 Å². The van der Waals surface area contributed by atoms with Gasteiger partial charge in [-0.05, 0) is 36.8 Å². The number of hydrogen-bond donors (Lipinski definition) is 2. The second kappa shape index (κ2) is 9.16. The van der Waals surface area contributed by atoms with Gasteiger partial charge in [-0.3, -0.25) is 9.69 Å². The molecule has 0 bridgehead atoms. The van der Waals surface area contributed by atoms with Crippen LogP contribution in [0.4, 0.5) is 11.4 Å². The number of nitrogens with one attached hydrogen (secondary N) is 1. The van der Waals surface area contributed by atoms with Crippen molar-refractivity contribution >= 4 is 17.3 Å². The molecule has 0 radical (unpaired) electrons. The zero-order chi connectivity index (χ0) is 22.8. The molecule has 6 heteroatoms. The number of rotatable bonds is 5. The van der Waals surface area contributed by atoms with Crippen LogP contribution in [0.25, 0.3) is 0 Å². The van der Waals surface area contributed by atoms with Gasteiger partial charge in [-0.2, -0.15) is 0 Å². The van der Waals surface area contributed by atoms with Crippen molar-refractivity contribution in [3.8, 4) is 5.75 Å². The van der Waals surface area contributed by atoms with Crippen molar-refractivity contribution in [2.75, 3.05) is 42.5 Å². The van der Waals surface area contributed by atoms with Gasteiger partial charge in [0, 0.05) is 50.5 Å². The monoisotopic (exact) mass is 442 g/mol. The number of hydrogen-bond acceptors (Lipinski definition) is 5. The third kappa shape index (κ3) is 4.39. The lowest BCUT2D eigenvalue weighted by Crippen LogP contribution is -2.55. The predicted octanol–water partition coefficient (Wildman–Crippen LogP) is 3.85. The Morgan fingerprint density at radius 2 is 1.67 bits per heavy atom. The summed E-state index contributed by atoms with van der Waals surface area (Å²) in [7, 11) is 0. The molecule has 2 atom stereocenters. The first-order chi connectivity index (χ1) is 16.1. The lowest BCUT2D eigenvalue weighted by Gasteiger charge is -2.45. The zero-order valence-corrected chi connectivity index (χ0v) is 18.9. The molecule has 0 aromatic heterocycles. The van der Waals surface area contributed by atoms with Crippen molar-refractivity contribution < 1.29 is 9.90 Å². The first kappa shape index (κ1) is 21.3. The van der Waals surface area contributed by atoms with E-state index < -0.39 is 0 Å². The SMILES string of the molecule is CC(CN1CCN(c2cccc(O)c2)CC1)N1c2ccccc2C(=O)NC1c1ccccc1. The fourth-order valence-electron chi connectivity index (χ4n) is 5.01. The third-order valence-corrected chi connectivity index (χ3v) is 6.65. The van der Waals surface area contributed by atoms with Crippen LogP contribution in [0.1, 0.15) is 29.0 Å². The molecule has 2 unspecified atom stereocenters. The van der Waals surface area contributed by atoms with E-state index in [9.17, 15) is 9.90 Å². The van der Waals surface area contributed by atoms with Gasteiger partial charge in [-0.1, -0.05) is 48.5 Å². The van der Waals surface area contributed by atoms with Crippen molar-refractivity contribution in [1.29, 1.82) is 0 Å². The van der Waals surface area contributed by atoms with Crippen LogP contribution in [-0.4, -0.2) is 54.7 Å². The van der Waals surface area contributed by atoms with E-state index in [1.54, 1.807) is 6.07 Å². The van der Waals surface area contributed by atoms with E-state index >= 15 is 0 Å². The van der Waals surface area contributed by atoms with E-state index in [1.807, 2.05) is 48.5 Å². The molecule has 1 fully saturated rings. The van der Waals surface area contributed by atoms with Crippen LogP contribution in [0.2, 0.25) is 0 Å². The van der Waals surface area contributed by atoms with Crippen LogP contribution in [0, 0.1) is 0 Å². The van der Waals surface area contributed by atoms with Gasteiger partial charge in [-0.15, -0.1) is 0 Å². The van der Waals surface area contributed by atoms with Crippen LogP contribution in [0.3, 0.4) is 0 Å².